The van der Waals surface area contributed by atoms with E-state index in [1.165, 1.54) is 22.7 Å². The molecule has 0 N–H and O–H groups in total. The van der Waals surface area contributed by atoms with E-state index in [2.05, 4.69) is 23.1 Å². The lowest BCUT2D eigenvalue weighted by Gasteiger charge is -2.37. The van der Waals surface area contributed by atoms with Crippen molar-refractivity contribution in [3.05, 3.63) is 58.1 Å². The van der Waals surface area contributed by atoms with Gasteiger partial charge in [0.2, 0.25) is 0 Å². The maximum absolute atomic E-state index is 12.4. The second-order valence-electron chi connectivity index (χ2n) is 5.32. The minimum absolute atomic E-state index is 0.233. The summed E-state index contributed by atoms with van der Waals surface area (Å²) in [4.78, 5) is 15.2. The van der Waals surface area contributed by atoms with E-state index >= 15 is 0 Å². The molecule has 23 heavy (non-hydrogen) atoms. The highest BCUT2D eigenvalue weighted by Crippen LogP contribution is 2.35. The number of carbonyl (C=O) groups excluding carboxylic acids is 1. The highest BCUT2D eigenvalue weighted by Gasteiger charge is 2.34. The Kier molecular flexibility index (Phi) is 4.68. The second kappa shape index (κ2) is 6.72. The Morgan fingerprint density at radius 2 is 2.22 bits per heavy atom. The van der Waals surface area contributed by atoms with Crippen molar-refractivity contribution >= 4 is 34.8 Å². The van der Waals surface area contributed by atoms with Crippen LogP contribution < -0.4 is 0 Å². The van der Waals surface area contributed by atoms with E-state index in [1.807, 2.05) is 24.0 Å². The molecular formula is C17H17ClN2O2S. The largest absolute Gasteiger partial charge is 0.464 e. The Morgan fingerprint density at radius 1 is 1.48 bits per heavy atom. The molecule has 120 valence electrons. The number of nitrogens with zero attached hydrogens (tertiary/aromatic N) is 2. The molecule has 0 fully saturated rings. The van der Waals surface area contributed by atoms with Crippen molar-refractivity contribution in [2.75, 3.05) is 6.61 Å². The number of fused-ring (bicyclic) bond motifs is 1. The van der Waals surface area contributed by atoms with Crippen LogP contribution >= 0.6 is 23.1 Å². The molecule has 0 aliphatic carbocycles. The highest BCUT2D eigenvalue weighted by molar-refractivity contribution is 7.07. The molecule has 0 spiro atoms. The fourth-order valence-corrected chi connectivity index (χ4v) is 3.75. The molecule has 1 aliphatic rings. The van der Waals surface area contributed by atoms with Gasteiger partial charge in [-0.2, -0.15) is 4.37 Å². The lowest BCUT2D eigenvalue weighted by molar-refractivity contribution is -0.148. The van der Waals surface area contributed by atoms with Crippen LogP contribution in [0.2, 0.25) is 5.02 Å². The van der Waals surface area contributed by atoms with Crippen LogP contribution in [0.5, 0.6) is 0 Å². The Morgan fingerprint density at radius 3 is 2.87 bits per heavy atom. The number of ether oxygens (including phenoxy) is 1. The summed E-state index contributed by atoms with van der Waals surface area (Å²) >= 11 is 7.47. The van der Waals surface area contributed by atoms with Gasteiger partial charge < -0.3 is 9.64 Å². The Balaban J connectivity index is 1.96. The van der Waals surface area contributed by atoms with E-state index in [-0.39, 0.29) is 5.97 Å². The van der Waals surface area contributed by atoms with Gasteiger partial charge in [-0.1, -0.05) is 42.4 Å². The van der Waals surface area contributed by atoms with Crippen molar-refractivity contribution in [3.8, 4) is 0 Å². The predicted octanol–water partition coefficient (Wildman–Crippen LogP) is 3.76. The number of rotatable bonds is 4. The summed E-state index contributed by atoms with van der Waals surface area (Å²) in [6.07, 6.45) is 2.20. The SMILES string of the molecule is C=C(c1sncc1Cl)N1Cc2ccccc2CC1C(=O)OCC. The standard InChI is InChI=1S/C17H17ClN2O2S/c1-3-22-17(21)15-8-12-6-4-5-7-13(12)10-20(15)11(2)16-14(18)9-19-23-16/h4-7,9,15H,2-3,8,10H2,1H3. The molecule has 1 atom stereocenters. The van der Waals surface area contributed by atoms with Gasteiger partial charge in [0, 0.05) is 13.0 Å². The maximum Gasteiger partial charge on any atom is 0.329 e. The molecule has 4 nitrogen and oxygen atoms in total. The summed E-state index contributed by atoms with van der Waals surface area (Å²) in [5, 5.41) is 0.557. The average molecular weight is 349 g/mol. The van der Waals surface area contributed by atoms with Crippen molar-refractivity contribution in [2.24, 2.45) is 0 Å². The molecule has 1 aromatic carbocycles. The number of benzene rings is 1. The number of hydrogen-bond acceptors (Lipinski definition) is 5. The number of halogens is 1. The smallest absolute Gasteiger partial charge is 0.329 e. The monoisotopic (exact) mass is 348 g/mol. The van der Waals surface area contributed by atoms with Gasteiger partial charge in [-0.05, 0) is 29.6 Å². The molecule has 1 aromatic heterocycles. The van der Waals surface area contributed by atoms with E-state index in [1.54, 1.807) is 6.20 Å². The zero-order valence-electron chi connectivity index (χ0n) is 12.8. The molecule has 2 aromatic rings. The Labute approximate surface area is 144 Å². The fourth-order valence-electron chi connectivity index (χ4n) is 2.80. The number of esters is 1. The Bertz CT molecular complexity index is 744. The third-order valence-corrected chi connectivity index (χ3v) is 5.19. The number of carbonyl (C=O) groups is 1. The summed E-state index contributed by atoms with van der Waals surface area (Å²) in [7, 11) is 0. The van der Waals surface area contributed by atoms with E-state index in [9.17, 15) is 4.79 Å². The van der Waals surface area contributed by atoms with Crippen LogP contribution in [0.25, 0.3) is 5.70 Å². The van der Waals surface area contributed by atoms with E-state index in [0.29, 0.717) is 30.3 Å². The highest BCUT2D eigenvalue weighted by atomic mass is 35.5. The fraction of sp³-hybridized carbons (Fsp3) is 0.294. The van der Waals surface area contributed by atoms with Gasteiger partial charge in [0.15, 0.2) is 0 Å². The van der Waals surface area contributed by atoms with Crippen molar-refractivity contribution in [3.63, 3.8) is 0 Å². The normalized spacial score (nSPS) is 16.8. The van der Waals surface area contributed by atoms with Crippen LogP contribution in [0.15, 0.2) is 37.0 Å². The van der Waals surface area contributed by atoms with Crippen LogP contribution in [0.1, 0.15) is 22.9 Å². The molecule has 1 unspecified atom stereocenters. The quantitative estimate of drug-likeness (QED) is 0.789. The van der Waals surface area contributed by atoms with Crippen molar-refractivity contribution < 1.29 is 9.53 Å². The minimum atomic E-state index is -0.393. The predicted molar refractivity (Wildman–Crippen MR) is 92.3 cm³/mol. The first-order valence-electron chi connectivity index (χ1n) is 7.41. The third-order valence-electron chi connectivity index (χ3n) is 3.94. The maximum atomic E-state index is 12.4. The van der Waals surface area contributed by atoms with Gasteiger partial charge >= 0.3 is 5.97 Å². The molecule has 0 radical (unpaired) electrons. The van der Waals surface area contributed by atoms with E-state index < -0.39 is 6.04 Å². The number of aromatic nitrogens is 1. The van der Waals surface area contributed by atoms with Crippen molar-refractivity contribution in [1.82, 2.24) is 9.27 Å². The summed E-state index contributed by atoms with van der Waals surface area (Å²) < 4.78 is 9.35. The first-order valence-corrected chi connectivity index (χ1v) is 8.56. The molecule has 2 heterocycles. The van der Waals surface area contributed by atoms with Gasteiger partial charge in [-0.15, -0.1) is 0 Å². The first-order chi connectivity index (χ1) is 11.1. The molecule has 0 amide bonds. The minimum Gasteiger partial charge on any atom is -0.464 e. The molecule has 0 bridgehead atoms. The number of hydrogen-bond donors (Lipinski definition) is 0. The third kappa shape index (κ3) is 3.12. The zero-order chi connectivity index (χ0) is 16.4. The Hall–Kier alpha value is -1.85. The summed E-state index contributed by atoms with van der Waals surface area (Å²) in [6, 6.07) is 7.73. The summed E-state index contributed by atoms with van der Waals surface area (Å²) in [5.74, 6) is -0.233. The van der Waals surface area contributed by atoms with Crippen LogP contribution in [-0.2, 0) is 22.5 Å². The topological polar surface area (TPSA) is 42.4 Å². The molecular weight excluding hydrogens is 332 g/mol. The molecule has 3 rings (SSSR count). The summed E-state index contributed by atoms with van der Waals surface area (Å²) in [6.45, 7) is 6.93. The van der Waals surface area contributed by atoms with Gasteiger partial charge in [0.25, 0.3) is 0 Å². The average Bonchev–Trinajstić information content (AvgIpc) is 2.99. The van der Waals surface area contributed by atoms with Gasteiger partial charge in [0.05, 0.1) is 28.4 Å². The molecule has 6 heteroatoms. The molecule has 0 saturated carbocycles. The van der Waals surface area contributed by atoms with Crippen molar-refractivity contribution in [2.45, 2.75) is 25.9 Å². The van der Waals surface area contributed by atoms with Crippen LogP contribution in [-0.4, -0.2) is 27.9 Å². The second-order valence-corrected chi connectivity index (χ2v) is 6.53. The van der Waals surface area contributed by atoms with E-state index in [4.69, 9.17) is 16.3 Å². The van der Waals surface area contributed by atoms with Gasteiger partial charge in [0.1, 0.15) is 6.04 Å². The van der Waals surface area contributed by atoms with Crippen LogP contribution in [0, 0.1) is 0 Å². The van der Waals surface area contributed by atoms with E-state index in [0.717, 1.165) is 4.88 Å². The first kappa shape index (κ1) is 16.0. The van der Waals surface area contributed by atoms with Gasteiger partial charge in [-0.25, -0.2) is 4.79 Å². The van der Waals surface area contributed by atoms with Crippen LogP contribution in [0.4, 0.5) is 0 Å². The molecule has 1 aliphatic heterocycles. The zero-order valence-corrected chi connectivity index (χ0v) is 14.4. The van der Waals surface area contributed by atoms with Crippen LogP contribution in [0.3, 0.4) is 0 Å². The van der Waals surface area contributed by atoms with Crippen molar-refractivity contribution in [1.29, 1.82) is 0 Å². The lowest BCUT2D eigenvalue weighted by Crippen LogP contribution is -2.45. The summed E-state index contributed by atoms with van der Waals surface area (Å²) in [5.41, 5.74) is 3.07. The molecule has 0 saturated heterocycles. The van der Waals surface area contributed by atoms with Gasteiger partial charge in [-0.3, -0.25) is 0 Å². The lowest BCUT2D eigenvalue weighted by atomic mass is 9.93.